The van der Waals surface area contributed by atoms with Crippen LogP contribution in [0.5, 0.6) is 11.8 Å². The minimum Gasteiger partial charge on any atom is -0.424 e. The van der Waals surface area contributed by atoms with Crippen LogP contribution in [0.15, 0.2) is 36.7 Å². The van der Waals surface area contributed by atoms with E-state index in [4.69, 9.17) is 21.4 Å². The van der Waals surface area contributed by atoms with Gasteiger partial charge in [-0.15, -0.1) is 5.10 Å². The zero-order chi connectivity index (χ0) is 22.2. The summed E-state index contributed by atoms with van der Waals surface area (Å²) in [5, 5.41) is 8.96. The Morgan fingerprint density at radius 1 is 1.12 bits per heavy atom. The van der Waals surface area contributed by atoms with Crippen molar-refractivity contribution >= 4 is 23.4 Å². The van der Waals surface area contributed by atoms with Crippen LogP contribution in [0.1, 0.15) is 38.4 Å². The summed E-state index contributed by atoms with van der Waals surface area (Å²) in [6.45, 7) is 8.08. The van der Waals surface area contributed by atoms with Gasteiger partial charge in [0, 0.05) is 35.9 Å². The lowest BCUT2D eigenvalue weighted by Gasteiger charge is -2.38. The molecule has 5 rings (SSSR count). The molecule has 1 saturated carbocycles. The minimum absolute atomic E-state index is 0.117. The molecular weight excluding hydrogens is 426 g/mol. The van der Waals surface area contributed by atoms with Crippen LogP contribution in [0.25, 0.3) is 0 Å². The van der Waals surface area contributed by atoms with Crippen LogP contribution in [-0.4, -0.2) is 43.9 Å². The Balaban J connectivity index is 1.32. The van der Waals surface area contributed by atoms with Crippen LogP contribution in [0.3, 0.4) is 0 Å². The first kappa shape index (κ1) is 21.0. The molecule has 3 heterocycles. The Labute approximate surface area is 193 Å². The zero-order valence-electron chi connectivity index (χ0n) is 18.6. The zero-order valence-corrected chi connectivity index (χ0v) is 19.3. The second-order valence-corrected chi connectivity index (χ2v) is 9.44. The molecule has 1 aromatic carbocycles. The molecule has 3 atom stereocenters. The molecule has 1 aliphatic carbocycles. The number of ether oxygens (including phenoxy) is 1. The first-order valence-electron chi connectivity index (χ1n) is 11.2. The number of nitrogens with one attached hydrogen (secondary N) is 1. The van der Waals surface area contributed by atoms with Gasteiger partial charge in [-0.1, -0.05) is 17.7 Å². The van der Waals surface area contributed by atoms with Crippen LogP contribution in [-0.2, 0) is 0 Å². The standard InChI is InChI=1S/C23H28ClN7O/c1-14(2)31-23(32-19-6-4-5-18(24)10-19)28-22(29-31)27-21-16-7-8-17(21)12-30(11-16)20-9-15(3)25-13-26-20/h4-6,9-10,13-14,16-17,21H,7-8,11-12H2,1-3H3,(H,27,29)/t16-,17+,21-. The van der Waals surface area contributed by atoms with Crippen molar-refractivity contribution < 1.29 is 4.74 Å². The number of rotatable bonds is 6. The molecule has 2 fully saturated rings. The van der Waals surface area contributed by atoms with E-state index in [0.29, 0.717) is 40.6 Å². The summed E-state index contributed by atoms with van der Waals surface area (Å²) < 4.78 is 7.83. The topological polar surface area (TPSA) is 81.0 Å². The summed E-state index contributed by atoms with van der Waals surface area (Å²) in [7, 11) is 0. The molecule has 168 valence electrons. The largest absolute Gasteiger partial charge is 0.424 e. The fourth-order valence-electron chi connectivity index (χ4n) is 4.82. The number of aromatic nitrogens is 5. The van der Waals surface area contributed by atoms with Crippen LogP contribution >= 0.6 is 11.6 Å². The van der Waals surface area contributed by atoms with Crippen molar-refractivity contribution in [1.82, 2.24) is 24.7 Å². The summed E-state index contributed by atoms with van der Waals surface area (Å²) in [5.74, 6) is 3.32. The highest BCUT2D eigenvalue weighted by Crippen LogP contribution is 2.40. The maximum Gasteiger partial charge on any atom is 0.322 e. The Kier molecular flexibility index (Phi) is 5.63. The van der Waals surface area contributed by atoms with Gasteiger partial charge in [-0.25, -0.2) is 14.6 Å². The maximum absolute atomic E-state index is 6.10. The summed E-state index contributed by atoms with van der Waals surface area (Å²) in [4.78, 5) is 15.8. The van der Waals surface area contributed by atoms with Gasteiger partial charge in [-0.3, -0.25) is 0 Å². The third-order valence-electron chi connectivity index (χ3n) is 6.34. The number of hydrogen-bond donors (Lipinski definition) is 1. The summed E-state index contributed by atoms with van der Waals surface area (Å²) in [6.07, 6.45) is 4.04. The van der Waals surface area contributed by atoms with Gasteiger partial charge in [0.25, 0.3) is 0 Å². The molecule has 0 unspecified atom stereocenters. The van der Waals surface area contributed by atoms with Crippen LogP contribution in [0.2, 0.25) is 5.02 Å². The minimum atomic E-state index is 0.117. The monoisotopic (exact) mass is 453 g/mol. The average molecular weight is 454 g/mol. The van der Waals surface area contributed by atoms with Gasteiger partial charge in [0.15, 0.2) is 0 Å². The smallest absolute Gasteiger partial charge is 0.322 e. The number of fused-ring (bicyclic) bond motifs is 2. The molecular formula is C23H28ClN7O. The first-order valence-corrected chi connectivity index (χ1v) is 11.5. The van der Waals surface area contributed by atoms with Crippen molar-refractivity contribution in [3.63, 3.8) is 0 Å². The van der Waals surface area contributed by atoms with Crippen molar-refractivity contribution in [2.45, 2.75) is 45.7 Å². The van der Waals surface area contributed by atoms with Crippen molar-refractivity contribution in [3.8, 4) is 11.8 Å². The van der Waals surface area contributed by atoms with E-state index in [2.05, 4.69) is 45.1 Å². The van der Waals surface area contributed by atoms with Gasteiger partial charge in [0.05, 0.1) is 6.04 Å². The van der Waals surface area contributed by atoms with Crippen molar-refractivity contribution in [2.75, 3.05) is 23.3 Å². The van der Waals surface area contributed by atoms with Gasteiger partial charge < -0.3 is 15.0 Å². The van der Waals surface area contributed by atoms with Gasteiger partial charge in [-0.2, -0.15) is 4.98 Å². The number of aryl methyl sites for hydroxylation is 1. The maximum atomic E-state index is 6.10. The quantitative estimate of drug-likeness (QED) is 0.577. The van der Waals surface area contributed by atoms with E-state index in [0.717, 1.165) is 24.6 Å². The van der Waals surface area contributed by atoms with Crippen LogP contribution < -0.4 is 15.0 Å². The van der Waals surface area contributed by atoms with Crippen LogP contribution in [0, 0.1) is 18.8 Å². The van der Waals surface area contributed by atoms with Crippen molar-refractivity contribution in [2.24, 2.45) is 11.8 Å². The molecule has 2 bridgehead atoms. The van der Waals surface area contributed by atoms with E-state index in [1.807, 2.05) is 29.8 Å². The van der Waals surface area contributed by atoms with E-state index in [9.17, 15) is 0 Å². The van der Waals surface area contributed by atoms with Gasteiger partial charge in [0.2, 0.25) is 5.95 Å². The molecule has 8 nitrogen and oxygen atoms in total. The molecule has 0 amide bonds. The second-order valence-electron chi connectivity index (χ2n) is 9.01. The number of hydrogen-bond acceptors (Lipinski definition) is 7. The van der Waals surface area contributed by atoms with E-state index >= 15 is 0 Å². The third-order valence-corrected chi connectivity index (χ3v) is 6.57. The molecule has 2 aromatic heterocycles. The molecule has 1 aliphatic heterocycles. The lowest BCUT2D eigenvalue weighted by molar-refractivity contribution is 0.373. The molecule has 2 aliphatic rings. The van der Waals surface area contributed by atoms with E-state index in [1.54, 1.807) is 12.4 Å². The third kappa shape index (κ3) is 4.24. The lowest BCUT2D eigenvalue weighted by atomic mass is 9.92. The summed E-state index contributed by atoms with van der Waals surface area (Å²) in [6, 6.07) is 10.3. The fraction of sp³-hybridized carbons (Fsp3) is 0.478. The number of nitrogens with zero attached hydrogens (tertiary/aromatic N) is 6. The van der Waals surface area contributed by atoms with Gasteiger partial charge in [0.1, 0.15) is 17.9 Å². The number of piperidine rings is 1. The van der Waals surface area contributed by atoms with E-state index < -0.39 is 0 Å². The highest BCUT2D eigenvalue weighted by Gasteiger charge is 2.43. The molecule has 0 radical (unpaired) electrons. The first-order chi connectivity index (χ1) is 15.5. The Hall–Kier alpha value is -2.87. The molecule has 9 heteroatoms. The summed E-state index contributed by atoms with van der Waals surface area (Å²) >= 11 is 6.10. The fourth-order valence-corrected chi connectivity index (χ4v) is 5.00. The molecule has 3 aromatic rings. The Morgan fingerprint density at radius 3 is 2.59 bits per heavy atom. The number of benzene rings is 1. The van der Waals surface area contributed by atoms with E-state index in [1.165, 1.54) is 12.8 Å². The number of halogens is 1. The lowest BCUT2D eigenvalue weighted by Crippen LogP contribution is -2.48. The van der Waals surface area contributed by atoms with Gasteiger partial charge in [-0.05, 0) is 63.6 Å². The highest BCUT2D eigenvalue weighted by atomic mass is 35.5. The Bertz CT molecular complexity index is 1090. The predicted molar refractivity (Wildman–Crippen MR) is 125 cm³/mol. The van der Waals surface area contributed by atoms with Gasteiger partial charge >= 0.3 is 6.01 Å². The predicted octanol–water partition coefficient (Wildman–Crippen LogP) is 4.73. The van der Waals surface area contributed by atoms with E-state index in [-0.39, 0.29) is 6.04 Å². The number of anilines is 2. The SMILES string of the molecule is Cc1cc(N2C[C@H]3CC[C@@H](C2)[C@@H]3Nc2nc(Oc3cccc(Cl)c3)n(C(C)C)n2)ncn1. The highest BCUT2D eigenvalue weighted by molar-refractivity contribution is 6.30. The molecule has 1 saturated heterocycles. The van der Waals surface area contributed by atoms with Crippen molar-refractivity contribution in [1.29, 1.82) is 0 Å². The van der Waals surface area contributed by atoms with Crippen molar-refractivity contribution in [3.05, 3.63) is 47.4 Å². The molecule has 1 N–H and O–H groups in total. The Morgan fingerprint density at radius 2 is 1.91 bits per heavy atom. The average Bonchev–Trinajstić information content (AvgIpc) is 3.24. The molecule has 32 heavy (non-hydrogen) atoms. The molecule has 0 spiro atoms. The van der Waals surface area contributed by atoms with Crippen LogP contribution in [0.4, 0.5) is 11.8 Å². The second kappa shape index (κ2) is 8.58. The summed E-state index contributed by atoms with van der Waals surface area (Å²) in [5.41, 5.74) is 0.998. The normalized spacial score (nSPS) is 22.4.